The lowest BCUT2D eigenvalue weighted by atomic mass is 10.1. The van der Waals surface area contributed by atoms with Crippen molar-refractivity contribution >= 4 is 29.3 Å². The van der Waals surface area contributed by atoms with Crippen molar-refractivity contribution in [2.45, 2.75) is 25.5 Å². The highest BCUT2D eigenvalue weighted by Gasteiger charge is 2.04. The van der Waals surface area contributed by atoms with Crippen molar-refractivity contribution in [2.24, 2.45) is 0 Å². The SMILES string of the molecule is Cc1ccccc1CSCC(=O)NCCCc1ccccc1Cl. The van der Waals surface area contributed by atoms with Gasteiger partial charge in [-0.05, 0) is 42.5 Å². The Morgan fingerprint density at radius 1 is 1.09 bits per heavy atom. The van der Waals surface area contributed by atoms with Crippen LogP contribution in [0.25, 0.3) is 0 Å². The number of carbonyl (C=O) groups excluding carboxylic acids is 1. The number of aryl methyl sites for hydroxylation is 2. The predicted octanol–water partition coefficient (Wildman–Crippen LogP) is 4.63. The highest BCUT2D eigenvalue weighted by molar-refractivity contribution is 7.99. The molecule has 0 saturated carbocycles. The molecule has 0 aliphatic heterocycles. The molecular formula is C19H22ClNOS. The van der Waals surface area contributed by atoms with Crippen molar-refractivity contribution in [3.05, 3.63) is 70.2 Å². The van der Waals surface area contributed by atoms with Crippen LogP contribution in [0.4, 0.5) is 0 Å². The van der Waals surface area contributed by atoms with Crippen LogP contribution < -0.4 is 5.32 Å². The summed E-state index contributed by atoms with van der Waals surface area (Å²) >= 11 is 7.77. The monoisotopic (exact) mass is 347 g/mol. The van der Waals surface area contributed by atoms with E-state index in [0.29, 0.717) is 12.3 Å². The minimum atomic E-state index is 0.0998. The fourth-order valence-electron chi connectivity index (χ4n) is 2.28. The summed E-state index contributed by atoms with van der Waals surface area (Å²) in [6, 6.07) is 16.1. The minimum Gasteiger partial charge on any atom is -0.355 e. The Kier molecular flexibility index (Phi) is 7.50. The summed E-state index contributed by atoms with van der Waals surface area (Å²) in [5.74, 6) is 1.47. The van der Waals surface area contributed by atoms with E-state index in [2.05, 4.69) is 24.4 Å². The van der Waals surface area contributed by atoms with Crippen LogP contribution in [0.2, 0.25) is 5.02 Å². The van der Waals surface area contributed by atoms with Gasteiger partial charge in [-0.2, -0.15) is 0 Å². The number of halogens is 1. The van der Waals surface area contributed by atoms with Gasteiger partial charge in [-0.25, -0.2) is 0 Å². The molecule has 4 heteroatoms. The van der Waals surface area contributed by atoms with Crippen LogP contribution in [-0.2, 0) is 17.0 Å². The maximum absolute atomic E-state index is 11.8. The Labute approximate surface area is 147 Å². The van der Waals surface area contributed by atoms with Gasteiger partial charge >= 0.3 is 0 Å². The molecule has 122 valence electrons. The number of rotatable bonds is 8. The fourth-order valence-corrected chi connectivity index (χ4v) is 3.45. The molecule has 2 aromatic carbocycles. The van der Waals surface area contributed by atoms with Gasteiger partial charge in [0.05, 0.1) is 5.75 Å². The molecule has 0 fully saturated rings. The third-order valence-electron chi connectivity index (χ3n) is 3.65. The summed E-state index contributed by atoms with van der Waals surface area (Å²) in [4.78, 5) is 11.8. The van der Waals surface area contributed by atoms with Gasteiger partial charge in [0, 0.05) is 17.3 Å². The van der Waals surface area contributed by atoms with Gasteiger partial charge in [-0.3, -0.25) is 4.79 Å². The van der Waals surface area contributed by atoms with E-state index in [4.69, 9.17) is 11.6 Å². The van der Waals surface area contributed by atoms with Crippen molar-refractivity contribution < 1.29 is 4.79 Å². The second kappa shape index (κ2) is 9.64. The third-order valence-corrected chi connectivity index (χ3v) is 5.01. The van der Waals surface area contributed by atoms with Crippen molar-refractivity contribution in [1.29, 1.82) is 0 Å². The molecule has 23 heavy (non-hydrogen) atoms. The molecule has 0 atom stereocenters. The maximum atomic E-state index is 11.8. The second-order valence-corrected chi connectivity index (χ2v) is 6.86. The lowest BCUT2D eigenvalue weighted by Gasteiger charge is -2.07. The normalized spacial score (nSPS) is 10.5. The summed E-state index contributed by atoms with van der Waals surface area (Å²) in [5, 5.41) is 3.77. The highest BCUT2D eigenvalue weighted by atomic mass is 35.5. The topological polar surface area (TPSA) is 29.1 Å². The summed E-state index contributed by atoms with van der Waals surface area (Å²) < 4.78 is 0. The Balaban J connectivity index is 1.60. The largest absolute Gasteiger partial charge is 0.355 e. The van der Waals surface area contributed by atoms with Gasteiger partial charge < -0.3 is 5.32 Å². The standard InChI is InChI=1S/C19H22ClNOS/c1-15-7-2-3-9-17(15)13-23-14-19(22)21-12-6-10-16-8-4-5-11-18(16)20/h2-5,7-9,11H,6,10,12-14H2,1H3,(H,21,22). The molecule has 1 N–H and O–H groups in total. The van der Waals surface area contributed by atoms with Crippen molar-refractivity contribution in [3.63, 3.8) is 0 Å². The van der Waals surface area contributed by atoms with Gasteiger partial charge in [0.15, 0.2) is 0 Å². The summed E-state index contributed by atoms with van der Waals surface area (Å²) in [5.41, 5.74) is 3.71. The smallest absolute Gasteiger partial charge is 0.230 e. The fraction of sp³-hybridized carbons (Fsp3) is 0.316. The van der Waals surface area contributed by atoms with Gasteiger partial charge in [0.2, 0.25) is 5.91 Å². The molecule has 1 amide bonds. The van der Waals surface area contributed by atoms with Crippen LogP contribution in [0.3, 0.4) is 0 Å². The minimum absolute atomic E-state index is 0.0998. The Hall–Kier alpha value is -1.45. The van der Waals surface area contributed by atoms with Gasteiger partial charge in [-0.1, -0.05) is 54.1 Å². The van der Waals surface area contributed by atoms with E-state index in [1.165, 1.54) is 11.1 Å². The third kappa shape index (κ3) is 6.28. The molecule has 0 spiro atoms. The van der Waals surface area contributed by atoms with Crippen LogP contribution in [0.15, 0.2) is 48.5 Å². The molecule has 2 aromatic rings. The van der Waals surface area contributed by atoms with Crippen LogP contribution in [0.1, 0.15) is 23.1 Å². The molecule has 0 aliphatic carbocycles. The lowest BCUT2D eigenvalue weighted by molar-refractivity contribution is -0.118. The van der Waals surface area contributed by atoms with Crippen LogP contribution >= 0.6 is 23.4 Å². The molecule has 0 aromatic heterocycles. The Morgan fingerprint density at radius 2 is 1.78 bits per heavy atom. The van der Waals surface area contributed by atoms with E-state index in [9.17, 15) is 4.79 Å². The first-order valence-electron chi connectivity index (χ1n) is 7.79. The molecule has 0 heterocycles. The molecule has 0 bridgehead atoms. The first-order chi connectivity index (χ1) is 11.2. The number of hydrogen-bond acceptors (Lipinski definition) is 2. The summed E-state index contributed by atoms with van der Waals surface area (Å²) in [7, 11) is 0. The lowest BCUT2D eigenvalue weighted by Crippen LogP contribution is -2.26. The van der Waals surface area contributed by atoms with Crippen molar-refractivity contribution in [1.82, 2.24) is 5.32 Å². The number of thioether (sulfide) groups is 1. The predicted molar refractivity (Wildman–Crippen MR) is 100 cm³/mol. The number of carbonyl (C=O) groups is 1. The summed E-state index contributed by atoms with van der Waals surface area (Å²) in [6.45, 7) is 2.79. The first-order valence-corrected chi connectivity index (χ1v) is 9.32. The Morgan fingerprint density at radius 3 is 2.52 bits per heavy atom. The van der Waals surface area contributed by atoms with Gasteiger partial charge in [0.25, 0.3) is 0 Å². The number of amides is 1. The highest BCUT2D eigenvalue weighted by Crippen LogP contribution is 2.17. The average molecular weight is 348 g/mol. The molecule has 2 rings (SSSR count). The quantitative estimate of drug-likeness (QED) is 0.705. The molecule has 0 radical (unpaired) electrons. The van der Waals surface area contributed by atoms with Crippen molar-refractivity contribution in [2.75, 3.05) is 12.3 Å². The maximum Gasteiger partial charge on any atom is 0.230 e. The van der Waals surface area contributed by atoms with Crippen molar-refractivity contribution in [3.8, 4) is 0 Å². The van der Waals surface area contributed by atoms with Gasteiger partial charge in [0.1, 0.15) is 0 Å². The molecule has 2 nitrogen and oxygen atoms in total. The molecule has 0 unspecified atom stereocenters. The van der Waals surface area contributed by atoms with E-state index < -0.39 is 0 Å². The van der Waals surface area contributed by atoms with E-state index in [1.807, 2.05) is 36.4 Å². The zero-order valence-electron chi connectivity index (χ0n) is 13.3. The number of nitrogens with one attached hydrogen (secondary N) is 1. The van der Waals surface area contributed by atoms with E-state index in [-0.39, 0.29) is 5.91 Å². The van der Waals surface area contributed by atoms with E-state index >= 15 is 0 Å². The number of benzene rings is 2. The Bertz CT molecular complexity index is 645. The van der Waals surface area contributed by atoms with Gasteiger partial charge in [-0.15, -0.1) is 11.8 Å². The van der Waals surface area contributed by atoms with E-state index in [1.54, 1.807) is 11.8 Å². The zero-order valence-corrected chi connectivity index (χ0v) is 14.9. The van der Waals surface area contributed by atoms with Crippen LogP contribution in [0.5, 0.6) is 0 Å². The second-order valence-electron chi connectivity index (χ2n) is 5.46. The number of hydrogen-bond donors (Lipinski definition) is 1. The first kappa shape index (κ1) is 17.9. The molecular weight excluding hydrogens is 326 g/mol. The summed E-state index contributed by atoms with van der Waals surface area (Å²) in [6.07, 6.45) is 1.79. The molecule has 0 aliphatic rings. The zero-order chi connectivity index (χ0) is 16.5. The average Bonchev–Trinajstić information content (AvgIpc) is 2.55. The van der Waals surface area contributed by atoms with E-state index in [0.717, 1.165) is 29.2 Å². The van der Waals surface area contributed by atoms with Crippen LogP contribution in [0, 0.1) is 6.92 Å². The van der Waals surface area contributed by atoms with Crippen LogP contribution in [-0.4, -0.2) is 18.2 Å². The molecule has 0 saturated heterocycles.